The number of rotatable bonds is 4. The first-order valence-corrected chi connectivity index (χ1v) is 7.42. The Morgan fingerprint density at radius 3 is 2.41 bits per heavy atom. The second kappa shape index (κ2) is 7.29. The minimum absolute atomic E-state index is 0.249. The summed E-state index contributed by atoms with van der Waals surface area (Å²) in [5, 5.41) is 6.10. The van der Waals surface area contributed by atoms with Crippen LogP contribution in [0.3, 0.4) is 0 Å². The molecule has 2 N–H and O–H groups in total. The summed E-state index contributed by atoms with van der Waals surface area (Å²) < 4.78 is 0. The van der Waals surface area contributed by atoms with E-state index in [2.05, 4.69) is 10.6 Å². The average molecular weight is 337 g/mol. The zero-order valence-corrected chi connectivity index (χ0v) is 13.3. The fourth-order valence-electron chi connectivity index (χ4n) is 1.91. The van der Waals surface area contributed by atoms with Crippen LogP contribution < -0.4 is 10.6 Å². The van der Waals surface area contributed by atoms with Crippen LogP contribution in [0.4, 0.5) is 5.69 Å². The zero-order valence-electron chi connectivity index (χ0n) is 11.8. The van der Waals surface area contributed by atoms with Crippen molar-refractivity contribution in [1.29, 1.82) is 0 Å². The van der Waals surface area contributed by atoms with Gasteiger partial charge in [0.25, 0.3) is 11.8 Å². The molecule has 0 saturated carbocycles. The molecule has 0 aliphatic carbocycles. The highest BCUT2D eigenvalue weighted by molar-refractivity contribution is 6.37. The molecule has 0 aliphatic rings. The van der Waals surface area contributed by atoms with Gasteiger partial charge in [-0.15, -0.1) is 0 Å². The van der Waals surface area contributed by atoms with Crippen molar-refractivity contribution in [3.05, 3.63) is 63.6 Å². The summed E-state index contributed by atoms with van der Waals surface area (Å²) in [6.45, 7) is 2.33. The summed E-state index contributed by atoms with van der Waals surface area (Å²) in [6.07, 6.45) is 0. The summed E-state index contributed by atoms with van der Waals surface area (Å²) in [5.74, 6) is -0.654. The van der Waals surface area contributed by atoms with Crippen molar-refractivity contribution in [2.75, 3.05) is 11.9 Å². The van der Waals surface area contributed by atoms with Crippen LogP contribution in [-0.4, -0.2) is 18.4 Å². The predicted molar refractivity (Wildman–Crippen MR) is 88.9 cm³/mol. The summed E-state index contributed by atoms with van der Waals surface area (Å²) in [4.78, 5) is 24.3. The Kier molecular flexibility index (Phi) is 5.41. The predicted octanol–water partition coefficient (Wildman–Crippen LogP) is 4.00. The molecule has 0 aromatic heterocycles. The Morgan fingerprint density at radius 2 is 1.73 bits per heavy atom. The Morgan fingerprint density at radius 1 is 1.00 bits per heavy atom. The van der Waals surface area contributed by atoms with Gasteiger partial charge < -0.3 is 10.6 Å². The Balaban J connectivity index is 2.27. The van der Waals surface area contributed by atoms with E-state index >= 15 is 0 Å². The van der Waals surface area contributed by atoms with Crippen molar-refractivity contribution in [3.8, 4) is 0 Å². The fraction of sp³-hybridized carbons (Fsp3) is 0.125. The van der Waals surface area contributed by atoms with Gasteiger partial charge in [0.1, 0.15) is 0 Å². The van der Waals surface area contributed by atoms with E-state index in [1.165, 1.54) is 12.1 Å². The molecule has 2 aromatic rings. The molecular weight excluding hydrogens is 323 g/mol. The lowest BCUT2D eigenvalue weighted by Gasteiger charge is -2.11. The average Bonchev–Trinajstić information content (AvgIpc) is 2.47. The van der Waals surface area contributed by atoms with Gasteiger partial charge in [-0.05, 0) is 37.3 Å². The standard InChI is InChI=1S/C16H14Cl2N2O2/c1-2-19-15(21)12-5-3-4-6-14(12)20-16(22)11-8-7-10(17)9-13(11)18/h3-9H,2H2,1H3,(H,19,21)(H,20,22). The first kappa shape index (κ1) is 16.3. The maximum Gasteiger partial charge on any atom is 0.257 e. The lowest BCUT2D eigenvalue weighted by Crippen LogP contribution is -2.24. The molecule has 0 radical (unpaired) electrons. The van der Waals surface area contributed by atoms with Crippen molar-refractivity contribution in [2.24, 2.45) is 0 Å². The van der Waals surface area contributed by atoms with Gasteiger partial charge in [0.2, 0.25) is 0 Å². The molecule has 4 nitrogen and oxygen atoms in total. The number of nitrogens with one attached hydrogen (secondary N) is 2. The van der Waals surface area contributed by atoms with Gasteiger partial charge in [-0.25, -0.2) is 0 Å². The molecule has 0 atom stereocenters. The third-order valence-corrected chi connectivity index (χ3v) is 3.48. The molecule has 2 rings (SSSR count). The molecule has 0 saturated heterocycles. The smallest absolute Gasteiger partial charge is 0.257 e. The second-order valence-electron chi connectivity index (χ2n) is 4.48. The number of amides is 2. The van der Waals surface area contributed by atoms with Gasteiger partial charge in [0, 0.05) is 11.6 Å². The lowest BCUT2D eigenvalue weighted by molar-refractivity contribution is 0.0956. The Labute approximate surface area is 138 Å². The third-order valence-electron chi connectivity index (χ3n) is 2.93. The van der Waals surface area contributed by atoms with Crippen LogP contribution in [0.5, 0.6) is 0 Å². The third kappa shape index (κ3) is 3.78. The van der Waals surface area contributed by atoms with E-state index in [1.807, 2.05) is 6.92 Å². The van der Waals surface area contributed by atoms with E-state index in [0.29, 0.717) is 22.8 Å². The van der Waals surface area contributed by atoms with E-state index in [9.17, 15) is 9.59 Å². The highest BCUT2D eigenvalue weighted by atomic mass is 35.5. The summed E-state index contributed by atoms with van der Waals surface area (Å²) >= 11 is 11.8. The topological polar surface area (TPSA) is 58.2 Å². The molecule has 0 unspecified atom stereocenters. The van der Waals surface area contributed by atoms with Crippen molar-refractivity contribution >= 4 is 40.7 Å². The van der Waals surface area contributed by atoms with Gasteiger partial charge in [-0.3, -0.25) is 9.59 Å². The molecule has 0 bridgehead atoms. The van der Waals surface area contributed by atoms with Crippen LogP contribution in [0.1, 0.15) is 27.6 Å². The van der Waals surface area contributed by atoms with E-state index in [0.717, 1.165) is 0 Å². The Bertz CT molecular complexity index is 717. The van der Waals surface area contributed by atoms with Crippen molar-refractivity contribution < 1.29 is 9.59 Å². The molecule has 0 aliphatic heterocycles. The number of carbonyl (C=O) groups is 2. The van der Waals surface area contributed by atoms with Gasteiger partial charge in [-0.2, -0.15) is 0 Å². The van der Waals surface area contributed by atoms with Crippen molar-refractivity contribution in [1.82, 2.24) is 5.32 Å². The monoisotopic (exact) mass is 336 g/mol. The SMILES string of the molecule is CCNC(=O)c1ccccc1NC(=O)c1ccc(Cl)cc1Cl. The second-order valence-corrected chi connectivity index (χ2v) is 5.33. The molecular formula is C16H14Cl2N2O2. The minimum atomic E-state index is -0.404. The maximum absolute atomic E-state index is 12.3. The van der Waals surface area contributed by atoms with E-state index in [4.69, 9.17) is 23.2 Å². The number of hydrogen-bond acceptors (Lipinski definition) is 2. The quantitative estimate of drug-likeness (QED) is 0.886. The first-order valence-electron chi connectivity index (χ1n) is 6.66. The van der Waals surface area contributed by atoms with Crippen LogP contribution in [0.15, 0.2) is 42.5 Å². The zero-order chi connectivity index (χ0) is 16.1. The number of anilines is 1. The van der Waals surface area contributed by atoms with E-state index in [1.54, 1.807) is 30.3 Å². The normalized spacial score (nSPS) is 10.1. The van der Waals surface area contributed by atoms with Gasteiger partial charge in [0.05, 0.1) is 21.8 Å². The molecule has 22 heavy (non-hydrogen) atoms. The number of benzene rings is 2. The van der Waals surface area contributed by atoms with Gasteiger partial charge in [-0.1, -0.05) is 35.3 Å². The maximum atomic E-state index is 12.3. The number of carbonyl (C=O) groups excluding carboxylic acids is 2. The highest BCUT2D eigenvalue weighted by Gasteiger charge is 2.15. The van der Waals surface area contributed by atoms with Crippen LogP contribution >= 0.6 is 23.2 Å². The fourth-order valence-corrected chi connectivity index (χ4v) is 2.40. The molecule has 114 valence electrons. The summed E-state index contributed by atoms with van der Waals surface area (Å²) in [5.41, 5.74) is 1.10. The highest BCUT2D eigenvalue weighted by Crippen LogP contribution is 2.23. The summed E-state index contributed by atoms with van der Waals surface area (Å²) in [6, 6.07) is 11.4. The molecule has 0 fully saturated rings. The summed E-state index contributed by atoms with van der Waals surface area (Å²) in [7, 11) is 0. The molecule has 0 spiro atoms. The van der Waals surface area contributed by atoms with Crippen molar-refractivity contribution in [2.45, 2.75) is 6.92 Å². The molecule has 0 heterocycles. The van der Waals surface area contributed by atoms with Gasteiger partial charge in [0.15, 0.2) is 0 Å². The number of hydrogen-bond donors (Lipinski definition) is 2. The van der Waals surface area contributed by atoms with Gasteiger partial charge >= 0.3 is 0 Å². The lowest BCUT2D eigenvalue weighted by atomic mass is 10.1. The largest absolute Gasteiger partial charge is 0.352 e. The van der Waals surface area contributed by atoms with E-state index < -0.39 is 5.91 Å². The van der Waals surface area contributed by atoms with E-state index in [-0.39, 0.29) is 16.5 Å². The van der Waals surface area contributed by atoms with Crippen LogP contribution in [0, 0.1) is 0 Å². The van der Waals surface area contributed by atoms with Crippen LogP contribution in [0.25, 0.3) is 0 Å². The molecule has 2 aromatic carbocycles. The first-order chi connectivity index (χ1) is 10.5. The van der Waals surface area contributed by atoms with Crippen LogP contribution in [-0.2, 0) is 0 Å². The Hall–Kier alpha value is -2.04. The number of para-hydroxylation sites is 1. The molecule has 6 heteroatoms. The van der Waals surface area contributed by atoms with Crippen molar-refractivity contribution in [3.63, 3.8) is 0 Å². The van der Waals surface area contributed by atoms with Crippen LogP contribution in [0.2, 0.25) is 10.0 Å². The number of halogens is 2. The molecule has 2 amide bonds. The minimum Gasteiger partial charge on any atom is -0.352 e.